The van der Waals surface area contributed by atoms with Gasteiger partial charge in [-0.1, -0.05) is 52.2 Å². The van der Waals surface area contributed by atoms with Gasteiger partial charge in [0, 0.05) is 24.5 Å². The molecule has 40 heavy (non-hydrogen) atoms. The highest BCUT2D eigenvalue weighted by Gasteiger charge is 2.62. The smallest absolute Gasteiger partial charge is 0.0765 e. The van der Waals surface area contributed by atoms with E-state index in [1.54, 1.807) is 5.57 Å². The number of likely N-dealkylation sites (tertiary alicyclic amines) is 1. The van der Waals surface area contributed by atoms with Crippen molar-refractivity contribution in [3.05, 3.63) is 11.1 Å². The van der Waals surface area contributed by atoms with Crippen molar-refractivity contribution in [3.63, 3.8) is 0 Å². The average Bonchev–Trinajstić information content (AvgIpc) is 3.39. The fourth-order valence-corrected chi connectivity index (χ4v) is 12.6. The summed E-state index contributed by atoms with van der Waals surface area (Å²) in [5.41, 5.74) is 4.77. The standard InChI is InChI=1S/C37H62N2O/c1-7-9-27-10-8-17-39(23-27)28-11-15-36(6)32-19-31-25(3)20-37(26(4)34-33(40-37)18-24(2)22-38-34)16-13-29(31)30(32)12-14-35(36,5)21-28/h24,26-30,32-34,38H,7-23H2,1-6H3/t24-,26+,27?,28?,29-,30-,32-,33+,34-,35?,36?,37-/m0/s1. The highest BCUT2D eigenvalue weighted by Crippen LogP contribution is 2.69. The number of fused-ring (bicyclic) bond motifs is 6. The van der Waals surface area contributed by atoms with Gasteiger partial charge < -0.3 is 15.0 Å². The van der Waals surface area contributed by atoms with Gasteiger partial charge in [-0.3, -0.25) is 0 Å². The van der Waals surface area contributed by atoms with Gasteiger partial charge >= 0.3 is 0 Å². The third-order valence-electron chi connectivity index (χ3n) is 15.1. The van der Waals surface area contributed by atoms with Gasteiger partial charge in [0.25, 0.3) is 0 Å². The van der Waals surface area contributed by atoms with Gasteiger partial charge in [-0.25, -0.2) is 0 Å². The Balaban J connectivity index is 1.09. The molecule has 0 aromatic heterocycles. The summed E-state index contributed by atoms with van der Waals surface area (Å²) in [7, 11) is 0. The van der Waals surface area contributed by atoms with Crippen molar-refractivity contribution in [3.8, 4) is 0 Å². The Morgan fingerprint density at radius 2 is 1.90 bits per heavy atom. The van der Waals surface area contributed by atoms with Crippen LogP contribution in [0.4, 0.5) is 0 Å². The zero-order valence-electron chi connectivity index (χ0n) is 27.1. The summed E-state index contributed by atoms with van der Waals surface area (Å²) in [6, 6.07) is 1.42. The molecule has 4 aliphatic carbocycles. The van der Waals surface area contributed by atoms with E-state index in [2.05, 4.69) is 51.8 Å². The second-order valence-corrected chi connectivity index (χ2v) is 17.1. The summed E-state index contributed by atoms with van der Waals surface area (Å²) in [5.74, 6) is 5.02. The van der Waals surface area contributed by atoms with E-state index in [4.69, 9.17) is 4.74 Å². The Labute approximate surface area is 247 Å². The van der Waals surface area contributed by atoms with Crippen LogP contribution in [0.5, 0.6) is 0 Å². The maximum Gasteiger partial charge on any atom is 0.0765 e. The largest absolute Gasteiger partial charge is 0.369 e. The van der Waals surface area contributed by atoms with E-state index >= 15 is 0 Å². The molecular formula is C37H62N2O. The first-order valence-corrected chi connectivity index (χ1v) is 18.0. The van der Waals surface area contributed by atoms with Crippen molar-refractivity contribution in [1.82, 2.24) is 10.2 Å². The topological polar surface area (TPSA) is 24.5 Å². The van der Waals surface area contributed by atoms with Crippen LogP contribution in [0, 0.1) is 46.3 Å². The number of hydrogen-bond donors (Lipinski definition) is 1. The molecule has 4 unspecified atom stereocenters. The lowest BCUT2D eigenvalue weighted by Gasteiger charge is -2.62. The lowest BCUT2D eigenvalue weighted by Crippen LogP contribution is -2.57. The molecule has 0 radical (unpaired) electrons. The lowest BCUT2D eigenvalue weighted by atomic mass is 9.45. The quantitative estimate of drug-likeness (QED) is 0.357. The molecule has 226 valence electrons. The Morgan fingerprint density at radius 1 is 1.05 bits per heavy atom. The van der Waals surface area contributed by atoms with Gasteiger partial charge in [0.1, 0.15) is 0 Å². The first-order valence-electron chi connectivity index (χ1n) is 18.0. The molecule has 3 heteroatoms. The maximum atomic E-state index is 7.14. The van der Waals surface area contributed by atoms with Crippen LogP contribution in [-0.4, -0.2) is 48.3 Å². The average molecular weight is 551 g/mol. The van der Waals surface area contributed by atoms with Gasteiger partial charge in [-0.15, -0.1) is 0 Å². The Morgan fingerprint density at radius 3 is 2.73 bits per heavy atom. The van der Waals surface area contributed by atoms with E-state index in [1.807, 2.05) is 5.57 Å². The van der Waals surface area contributed by atoms with E-state index < -0.39 is 0 Å². The van der Waals surface area contributed by atoms with Crippen molar-refractivity contribution >= 4 is 0 Å². The number of hydrogen-bond acceptors (Lipinski definition) is 3. The van der Waals surface area contributed by atoms with Crippen LogP contribution >= 0.6 is 0 Å². The van der Waals surface area contributed by atoms with Gasteiger partial charge in [-0.05, 0) is 144 Å². The molecule has 0 aromatic rings. The molecule has 3 heterocycles. The Kier molecular flexibility index (Phi) is 7.36. The molecule has 3 aliphatic heterocycles. The molecule has 3 saturated carbocycles. The van der Waals surface area contributed by atoms with Gasteiger partial charge in [0.15, 0.2) is 0 Å². The molecule has 1 N–H and O–H groups in total. The van der Waals surface area contributed by atoms with Gasteiger partial charge in [0.05, 0.1) is 11.7 Å². The van der Waals surface area contributed by atoms with E-state index in [-0.39, 0.29) is 5.60 Å². The van der Waals surface area contributed by atoms with Gasteiger partial charge in [-0.2, -0.15) is 0 Å². The SMILES string of the molecule is CCCC1CCCN(C2CCC3(C)[C@H]4CC5=C(C)C[C@]6(CC[C@H]5[C@@H]4CCC3(C)C2)O[C@@H]2C[C@H](C)CN[C@H]2[C@H]6C)C1. The normalized spacial score (nSPS) is 53.1. The first kappa shape index (κ1) is 28.4. The van der Waals surface area contributed by atoms with Crippen molar-refractivity contribution in [2.24, 2.45) is 46.3 Å². The minimum Gasteiger partial charge on any atom is -0.369 e. The Bertz CT molecular complexity index is 989. The predicted molar refractivity (Wildman–Crippen MR) is 166 cm³/mol. The highest BCUT2D eigenvalue weighted by molar-refractivity contribution is 5.30. The van der Waals surface area contributed by atoms with Crippen LogP contribution < -0.4 is 5.32 Å². The molecule has 0 aromatic carbocycles. The monoisotopic (exact) mass is 550 g/mol. The molecule has 3 nitrogen and oxygen atoms in total. The van der Waals surface area contributed by atoms with Crippen LogP contribution in [0.3, 0.4) is 0 Å². The van der Waals surface area contributed by atoms with Crippen molar-refractivity contribution in [2.45, 2.75) is 155 Å². The molecule has 7 aliphatic rings. The third-order valence-corrected chi connectivity index (χ3v) is 15.1. The summed E-state index contributed by atoms with van der Waals surface area (Å²) < 4.78 is 7.14. The fourth-order valence-electron chi connectivity index (χ4n) is 12.6. The first-order chi connectivity index (χ1) is 19.2. The molecule has 7 rings (SSSR count). The van der Waals surface area contributed by atoms with Crippen LogP contribution in [0.1, 0.15) is 131 Å². The molecule has 1 spiro atoms. The Hall–Kier alpha value is -0.380. The summed E-state index contributed by atoms with van der Waals surface area (Å²) in [5, 5.41) is 3.91. The zero-order valence-corrected chi connectivity index (χ0v) is 27.1. The molecule has 3 saturated heterocycles. The molecule has 0 bridgehead atoms. The molecule has 6 fully saturated rings. The number of allylic oxidation sites excluding steroid dienone is 1. The van der Waals surface area contributed by atoms with E-state index in [0.717, 1.165) is 35.6 Å². The second-order valence-electron chi connectivity index (χ2n) is 17.1. The van der Waals surface area contributed by atoms with Crippen LogP contribution in [0.15, 0.2) is 11.1 Å². The fraction of sp³-hybridized carbons (Fsp3) is 0.946. The predicted octanol–water partition coefficient (Wildman–Crippen LogP) is 8.38. The highest BCUT2D eigenvalue weighted by atomic mass is 16.5. The van der Waals surface area contributed by atoms with Gasteiger partial charge in [0.2, 0.25) is 0 Å². The summed E-state index contributed by atoms with van der Waals surface area (Å²) >= 11 is 0. The van der Waals surface area contributed by atoms with E-state index in [9.17, 15) is 0 Å². The number of ether oxygens (including phenoxy) is 1. The molecular weight excluding hydrogens is 488 g/mol. The minimum atomic E-state index is 0.0819. The van der Waals surface area contributed by atoms with Crippen LogP contribution in [-0.2, 0) is 4.74 Å². The summed E-state index contributed by atoms with van der Waals surface area (Å²) in [4.78, 5) is 2.97. The van der Waals surface area contributed by atoms with E-state index in [0.29, 0.717) is 28.9 Å². The lowest BCUT2D eigenvalue weighted by molar-refractivity contribution is -0.123. The van der Waals surface area contributed by atoms with Crippen LogP contribution in [0.25, 0.3) is 0 Å². The van der Waals surface area contributed by atoms with E-state index in [1.165, 1.54) is 110 Å². The maximum absolute atomic E-state index is 7.14. The number of nitrogens with zero attached hydrogens (tertiary/aromatic N) is 1. The molecule has 0 amide bonds. The number of piperidine rings is 2. The second kappa shape index (κ2) is 10.4. The molecule has 12 atom stereocenters. The minimum absolute atomic E-state index is 0.0819. The number of nitrogens with one attached hydrogen (secondary N) is 1. The number of rotatable bonds is 3. The third kappa shape index (κ3) is 4.36. The van der Waals surface area contributed by atoms with Crippen molar-refractivity contribution in [2.75, 3.05) is 19.6 Å². The summed E-state index contributed by atoms with van der Waals surface area (Å²) in [6.45, 7) is 19.3. The van der Waals surface area contributed by atoms with Crippen LogP contribution in [0.2, 0.25) is 0 Å². The van der Waals surface area contributed by atoms with Crippen molar-refractivity contribution < 1.29 is 4.74 Å². The summed E-state index contributed by atoms with van der Waals surface area (Å²) in [6.07, 6.45) is 20.1. The van der Waals surface area contributed by atoms with Crippen molar-refractivity contribution in [1.29, 1.82) is 0 Å². The zero-order chi connectivity index (χ0) is 27.9.